The summed E-state index contributed by atoms with van der Waals surface area (Å²) in [5.41, 5.74) is 8.31. The average Bonchev–Trinajstić information content (AvgIpc) is 2.70. The molecular weight excluding hydrogens is 210 g/mol. The molecule has 3 rings (SSSR count). The molecule has 1 fully saturated rings. The molecule has 0 aliphatic heterocycles. The standard InChI is InChI=1S/C14H19N3/c1-10-6-5-9-12-13(15)16-14(17(10)12)11-7-3-2-4-8-11/h5-6,9,11H,2-4,7-8,15H2,1H3. The van der Waals surface area contributed by atoms with Crippen molar-refractivity contribution in [1.29, 1.82) is 0 Å². The minimum absolute atomic E-state index is 0.592. The lowest BCUT2D eigenvalue weighted by molar-refractivity contribution is 0.427. The lowest BCUT2D eigenvalue weighted by Gasteiger charge is -2.20. The first-order chi connectivity index (χ1) is 8.27. The summed E-state index contributed by atoms with van der Waals surface area (Å²) < 4.78 is 2.24. The van der Waals surface area contributed by atoms with E-state index in [4.69, 9.17) is 5.73 Å². The predicted octanol–water partition coefficient (Wildman–Crippen LogP) is 3.27. The second kappa shape index (κ2) is 4.06. The van der Waals surface area contributed by atoms with E-state index in [9.17, 15) is 0 Å². The molecule has 2 aromatic rings. The van der Waals surface area contributed by atoms with Crippen LogP contribution in [-0.2, 0) is 0 Å². The highest BCUT2D eigenvalue weighted by molar-refractivity contribution is 5.67. The first-order valence-electron chi connectivity index (χ1n) is 6.51. The summed E-state index contributed by atoms with van der Waals surface area (Å²) in [6.07, 6.45) is 6.53. The topological polar surface area (TPSA) is 43.3 Å². The Morgan fingerprint density at radius 2 is 2.00 bits per heavy atom. The normalized spacial score (nSPS) is 17.7. The van der Waals surface area contributed by atoms with E-state index in [2.05, 4.69) is 28.4 Å². The summed E-state index contributed by atoms with van der Waals surface area (Å²) in [6.45, 7) is 2.13. The molecule has 90 valence electrons. The van der Waals surface area contributed by atoms with Gasteiger partial charge in [-0.05, 0) is 31.9 Å². The van der Waals surface area contributed by atoms with Crippen LogP contribution in [0, 0.1) is 6.92 Å². The number of rotatable bonds is 1. The molecule has 0 aromatic carbocycles. The third-order valence-corrected chi connectivity index (χ3v) is 3.88. The van der Waals surface area contributed by atoms with Crippen LogP contribution in [0.4, 0.5) is 5.82 Å². The van der Waals surface area contributed by atoms with Crippen molar-refractivity contribution in [3.8, 4) is 0 Å². The number of imidazole rings is 1. The Labute approximate surface area is 102 Å². The molecule has 2 heterocycles. The van der Waals surface area contributed by atoms with Crippen LogP contribution in [0.5, 0.6) is 0 Å². The molecule has 2 N–H and O–H groups in total. The molecule has 3 heteroatoms. The highest BCUT2D eigenvalue weighted by atomic mass is 15.1. The van der Waals surface area contributed by atoms with E-state index < -0.39 is 0 Å². The first kappa shape index (κ1) is 10.6. The second-order valence-corrected chi connectivity index (χ2v) is 5.08. The number of anilines is 1. The zero-order valence-corrected chi connectivity index (χ0v) is 10.3. The summed E-state index contributed by atoms with van der Waals surface area (Å²) in [7, 11) is 0. The van der Waals surface area contributed by atoms with E-state index in [1.54, 1.807) is 0 Å². The fourth-order valence-electron chi connectivity index (χ4n) is 2.99. The summed E-state index contributed by atoms with van der Waals surface area (Å²) in [5, 5.41) is 0. The molecule has 2 aromatic heterocycles. The van der Waals surface area contributed by atoms with Gasteiger partial charge in [0.05, 0.1) is 5.52 Å². The van der Waals surface area contributed by atoms with E-state index in [1.165, 1.54) is 43.6 Å². The van der Waals surface area contributed by atoms with E-state index in [0.717, 1.165) is 5.52 Å². The smallest absolute Gasteiger partial charge is 0.149 e. The van der Waals surface area contributed by atoms with Crippen LogP contribution in [0.1, 0.15) is 49.5 Å². The third kappa shape index (κ3) is 1.70. The summed E-state index contributed by atoms with van der Waals surface area (Å²) in [5.74, 6) is 2.44. The number of fused-ring (bicyclic) bond motifs is 1. The molecule has 0 bridgehead atoms. The van der Waals surface area contributed by atoms with Crippen molar-refractivity contribution in [3.63, 3.8) is 0 Å². The Bertz CT molecular complexity index is 536. The maximum absolute atomic E-state index is 6.02. The van der Waals surface area contributed by atoms with Crippen LogP contribution in [0.25, 0.3) is 5.52 Å². The second-order valence-electron chi connectivity index (χ2n) is 5.08. The number of hydrogen-bond acceptors (Lipinski definition) is 2. The highest BCUT2D eigenvalue weighted by Crippen LogP contribution is 2.34. The molecule has 0 atom stereocenters. The molecule has 0 amide bonds. The van der Waals surface area contributed by atoms with Gasteiger partial charge in [-0.15, -0.1) is 0 Å². The van der Waals surface area contributed by atoms with Crippen molar-refractivity contribution in [2.24, 2.45) is 0 Å². The van der Waals surface area contributed by atoms with Crippen LogP contribution in [0.15, 0.2) is 18.2 Å². The van der Waals surface area contributed by atoms with E-state index in [1.807, 2.05) is 6.07 Å². The van der Waals surface area contributed by atoms with Crippen LogP contribution >= 0.6 is 0 Å². The average molecular weight is 229 g/mol. The van der Waals surface area contributed by atoms with Crippen LogP contribution in [0.2, 0.25) is 0 Å². The van der Waals surface area contributed by atoms with Gasteiger partial charge in [0, 0.05) is 11.6 Å². The fraction of sp³-hybridized carbons (Fsp3) is 0.500. The van der Waals surface area contributed by atoms with Crippen LogP contribution < -0.4 is 5.73 Å². The number of aromatic nitrogens is 2. The zero-order valence-electron chi connectivity index (χ0n) is 10.3. The SMILES string of the molecule is Cc1cccc2c(N)nc(C3CCCCC3)n12. The molecule has 0 radical (unpaired) electrons. The fourth-order valence-corrected chi connectivity index (χ4v) is 2.99. The molecule has 1 aliphatic carbocycles. The minimum atomic E-state index is 0.592. The van der Waals surface area contributed by atoms with Gasteiger partial charge in [-0.25, -0.2) is 4.98 Å². The highest BCUT2D eigenvalue weighted by Gasteiger charge is 2.21. The van der Waals surface area contributed by atoms with Gasteiger partial charge < -0.3 is 5.73 Å². The van der Waals surface area contributed by atoms with Gasteiger partial charge in [-0.2, -0.15) is 0 Å². The number of pyridine rings is 1. The van der Waals surface area contributed by atoms with Gasteiger partial charge in [-0.1, -0.05) is 25.3 Å². The number of nitrogens with two attached hydrogens (primary N) is 1. The first-order valence-corrected chi connectivity index (χ1v) is 6.51. The van der Waals surface area contributed by atoms with Crippen molar-refractivity contribution in [1.82, 2.24) is 9.38 Å². The molecule has 0 unspecified atom stereocenters. The molecule has 1 saturated carbocycles. The Hall–Kier alpha value is -1.51. The summed E-state index contributed by atoms with van der Waals surface area (Å²) >= 11 is 0. The number of hydrogen-bond donors (Lipinski definition) is 1. The van der Waals surface area contributed by atoms with Gasteiger partial charge in [-0.3, -0.25) is 4.40 Å². The number of aryl methyl sites for hydroxylation is 1. The van der Waals surface area contributed by atoms with Crippen molar-refractivity contribution >= 4 is 11.3 Å². The quantitative estimate of drug-likeness (QED) is 0.815. The number of nitrogen functional groups attached to an aromatic ring is 1. The Balaban J connectivity index is 2.15. The maximum Gasteiger partial charge on any atom is 0.149 e. The third-order valence-electron chi connectivity index (χ3n) is 3.88. The minimum Gasteiger partial charge on any atom is -0.382 e. The zero-order chi connectivity index (χ0) is 11.8. The Morgan fingerprint density at radius 3 is 2.76 bits per heavy atom. The van der Waals surface area contributed by atoms with E-state index >= 15 is 0 Å². The maximum atomic E-state index is 6.02. The van der Waals surface area contributed by atoms with Gasteiger partial charge in [0.25, 0.3) is 0 Å². The van der Waals surface area contributed by atoms with Crippen molar-refractivity contribution in [2.75, 3.05) is 5.73 Å². The lowest BCUT2D eigenvalue weighted by atomic mass is 9.88. The van der Waals surface area contributed by atoms with E-state index in [-0.39, 0.29) is 0 Å². The van der Waals surface area contributed by atoms with E-state index in [0.29, 0.717) is 11.7 Å². The largest absolute Gasteiger partial charge is 0.382 e. The monoisotopic (exact) mass is 229 g/mol. The van der Waals surface area contributed by atoms with Crippen molar-refractivity contribution in [2.45, 2.75) is 44.9 Å². The van der Waals surface area contributed by atoms with Crippen LogP contribution in [0.3, 0.4) is 0 Å². The van der Waals surface area contributed by atoms with Gasteiger partial charge in [0.15, 0.2) is 0 Å². The van der Waals surface area contributed by atoms with Gasteiger partial charge in [0.2, 0.25) is 0 Å². The molecule has 3 nitrogen and oxygen atoms in total. The molecule has 1 aliphatic rings. The van der Waals surface area contributed by atoms with Crippen molar-refractivity contribution in [3.05, 3.63) is 29.7 Å². The summed E-state index contributed by atoms with van der Waals surface area (Å²) in [6, 6.07) is 6.23. The van der Waals surface area contributed by atoms with Gasteiger partial charge in [0.1, 0.15) is 11.6 Å². The number of nitrogens with zero attached hydrogens (tertiary/aromatic N) is 2. The Morgan fingerprint density at radius 1 is 1.24 bits per heavy atom. The Kier molecular flexibility index (Phi) is 2.54. The predicted molar refractivity (Wildman–Crippen MR) is 70.2 cm³/mol. The molecule has 0 saturated heterocycles. The lowest BCUT2D eigenvalue weighted by Crippen LogP contribution is -2.09. The van der Waals surface area contributed by atoms with Gasteiger partial charge >= 0.3 is 0 Å². The molecule has 0 spiro atoms. The molecular formula is C14H19N3. The molecule has 17 heavy (non-hydrogen) atoms. The summed E-state index contributed by atoms with van der Waals surface area (Å²) in [4.78, 5) is 4.62. The van der Waals surface area contributed by atoms with Crippen molar-refractivity contribution < 1.29 is 0 Å². The van der Waals surface area contributed by atoms with Crippen LogP contribution in [-0.4, -0.2) is 9.38 Å².